The van der Waals surface area contributed by atoms with Gasteiger partial charge in [0, 0.05) is 38.3 Å². The van der Waals surface area contributed by atoms with Crippen LogP contribution in [0.1, 0.15) is 31.4 Å². The van der Waals surface area contributed by atoms with Gasteiger partial charge in [-0.2, -0.15) is 0 Å². The quantitative estimate of drug-likeness (QED) is 0.881. The Morgan fingerprint density at radius 1 is 1.26 bits per heavy atom. The fraction of sp³-hybridized carbons (Fsp3) is 0.625. The molecule has 0 spiro atoms. The highest BCUT2D eigenvalue weighted by Crippen LogP contribution is 2.24. The highest BCUT2D eigenvalue weighted by Gasteiger charge is 2.26. The van der Waals surface area contributed by atoms with Crippen LogP contribution >= 0.6 is 0 Å². The number of rotatable bonds is 5. The van der Waals surface area contributed by atoms with E-state index in [1.54, 1.807) is 0 Å². The molecular formula is C16H27N3. The topological polar surface area (TPSA) is 32.5 Å². The predicted octanol–water partition coefficient (Wildman–Crippen LogP) is 2.10. The zero-order valence-corrected chi connectivity index (χ0v) is 12.3. The average molecular weight is 261 g/mol. The maximum absolute atomic E-state index is 6.06. The van der Waals surface area contributed by atoms with Crippen molar-refractivity contribution in [3.05, 3.63) is 35.9 Å². The van der Waals surface area contributed by atoms with E-state index in [1.807, 2.05) is 0 Å². The molecule has 0 saturated carbocycles. The van der Waals surface area contributed by atoms with Crippen LogP contribution in [0.2, 0.25) is 0 Å². The maximum Gasteiger partial charge on any atom is 0.0475 e. The first-order chi connectivity index (χ1) is 9.20. The number of hydrogen-bond acceptors (Lipinski definition) is 3. The van der Waals surface area contributed by atoms with Crippen molar-refractivity contribution in [1.82, 2.24) is 9.80 Å². The Morgan fingerprint density at radius 3 is 2.68 bits per heavy atom. The van der Waals surface area contributed by atoms with Crippen LogP contribution in [-0.2, 0) is 0 Å². The molecular weight excluding hydrogens is 234 g/mol. The summed E-state index contributed by atoms with van der Waals surface area (Å²) in [5.74, 6) is 0. The van der Waals surface area contributed by atoms with Gasteiger partial charge in [0.25, 0.3) is 0 Å². The molecule has 2 rings (SSSR count). The van der Waals surface area contributed by atoms with Gasteiger partial charge in [-0.3, -0.25) is 4.90 Å². The second-order valence-corrected chi connectivity index (χ2v) is 5.68. The lowest BCUT2D eigenvalue weighted by atomic mass is 10.0. The lowest BCUT2D eigenvalue weighted by Crippen LogP contribution is -2.47. The average Bonchev–Trinajstić information content (AvgIpc) is 2.46. The van der Waals surface area contributed by atoms with Crippen LogP contribution in [-0.4, -0.2) is 49.1 Å². The number of likely N-dealkylation sites (N-methyl/N-ethyl adjacent to an activating group) is 1. The van der Waals surface area contributed by atoms with Crippen molar-refractivity contribution in [2.75, 3.05) is 33.2 Å². The van der Waals surface area contributed by atoms with E-state index in [9.17, 15) is 0 Å². The lowest BCUT2D eigenvalue weighted by molar-refractivity contribution is 0.0869. The molecule has 106 valence electrons. The van der Waals surface area contributed by atoms with E-state index in [4.69, 9.17) is 5.73 Å². The SMILES string of the molecule is CCC(N)CCN1CCN(C)CC1c1ccccc1. The molecule has 1 aliphatic rings. The molecule has 2 N–H and O–H groups in total. The minimum Gasteiger partial charge on any atom is -0.328 e. The van der Waals surface area contributed by atoms with Crippen LogP contribution in [0.4, 0.5) is 0 Å². The summed E-state index contributed by atoms with van der Waals surface area (Å²) in [5, 5.41) is 0. The van der Waals surface area contributed by atoms with Gasteiger partial charge in [-0.25, -0.2) is 0 Å². The van der Waals surface area contributed by atoms with Gasteiger partial charge in [0.05, 0.1) is 0 Å². The van der Waals surface area contributed by atoms with Crippen LogP contribution in [0.3, 0.4) is 0 Å². The molecule has 1 aromatic rings. The fourth-order valence-corrected chi connectivity index (χ4v) is 2.75. The summed E-state index contributed by atoms with van der Waals surface area (Å²) in [7, 11) is 2.21. The summed E-state index contributed by atoms with van der Waals surface area (Å²) in [6.45, 7) is 6.70. The van der Waals surface area contributed by atoms with Crippen LogP contribution in [0.25, 0.3) is 0 Å². The predicted molar refractivity (Wildman–Crippen MR) is 81.1 cm³/mol. The molecule has 1 saturated heterocycles. The molecule has 2 atom stereocenters. The van der Waals surface area contributed by atoms with Gasteiger partial charge < -0.3 is 10.6 Å². The summed E-state index contributed by atoms with van der Waals surface area (Å²) in [6, 6.07) is 11.7. The lowest BCUT2D eigenvalue weighted by Gasteiger charge is -2.40. The van der Waals surface area contributed by atoms with E-state index in [1.165, 1.54) is 5.56 Å². The largest absolute Gasteiger partial charge is 0.328 e. The number of piperazine rings is 1. The van der Waals surface area contributed by atoms with E-state index in [-0.39, 0.29) is 0 Å². The Kier molecular flexibility index (Phi) is 5.37. The van der Waals surface area contributed by atoms with E-state index in [0.29, 0.717) is 12.1 Å². The Hall–Kier alpha value is -0.900. The van der Waals surface area contributed by atoms with Gasteiger partial charge in [0.1, 0.15) is 0 Å². The third-order valence-electron chi connectivity index (χ3n) is 4.19. The van der Waals surface area contributed by atoms with Crippen LogP contribution < -0.4 is 5.73 Å². The van der Waals surface area contributed by atoms with Gasteiger partial charge in [0.15, 0.2) is 0 Å². The molecule has 1 fully saturated rings. The molecule has 0 bridgehead atoms. The highest BCUT2D eigenvalue weighted by atomic mass is 15.3. The molecule has 3 heteroatoms. The van der Waals surface area contributed by atoms with Crippen molar-refractivity contribution in [3.63, 3.8) is 0 Å². The third-order valence-corrected chi connectivity index (χ3v) is 4.19. The molecule has 0 aliphatic carbocycles. The van der Waals surface area contributed by atoms with Crippen molar-refractivity contribution in [3.8, 4) is 0 Å². The van der Waals surface area contributed by atoms with Crippen molar-refractivity contribution >= 4 is 0 Å². The van der Waals surface area contributed by atoms with E-state index in [2.05, 4.69) is 54.1 Å². The summed E-state index contributed by atoms with van der Waals surface area (Å²) < 4.78 is 0. The first kappa shape index (κ1) is 14.5. The van der Waals surface area contributed by atoms with Gasteiger partial charge in [-0.05, 0) is 25.5 Å². The van der Waals surface area contributed by atoms with E-state index >= 15 is 0 Å². The van der Waals surface area contributed by atoms with E-state index in [0.717, 1.165) is 39.0 Å². The molecule has 19 heavy (non-hydrogen) atoms. The zero-order valence-electron chi connectivity index (χ0n) is 12.3. The monoisotopic (exact) mass is 261 g/mol. The van der Waals surface area contributed by atoms with Crippen molar-refractivity contribution in [1.29, 1.82) is 0 Å². The summed E-state index contributed by atoms with van der Waals surface area (Å²) in [4.78, 5) is 5.03. The molecule has 1 aromatic carbocycles. The number of nitrogens with two attached hydrogens (primary N) is 1. The summed E-state index contributed by atoms with van der Waals surface area (Å²) in [5.41, 5.74) is 7.49. The first-order valence-corrected chi connectivity index (χ1v) is 7.43. The normalized spacial score (nSPS) is 23.4. The highest BCUT2D eigenvalue weighted by molar-refractivity contribution is 5.20. The smallest absolute Gasteiger partial charge is 0.0475 e. The minimum absolute atomic E-state index is 0.344. The number of benzene rings is 1. The number of hydrogen-bond donors (Lipinski definition) is 1. The number of nitrogens with zero attached hydrogens (tertiary/aromatic N) is 2. The van der Waals surface area contributed by atoms with Crippen LogP contribution in [0.5, 0.6) is 0 Å². The second kappa shape index (κ2) is 7.04. The molecule has 3 nitrogen and oxygen atoms in total. The van der Waals surface area contributed by atoms with Gasteiger partial charge in [-0.15, -0.1) is 0 Å². The molecule has 1 heterocycles. The van der Waals surface area contributed by atoms with Crippen LogP contribution in [0, 0.1) is 0 Å². The van der Waals surface area contributed by atoms with Gasteiger partial charge in [0.2, 0.25) is 0 Å². The standard InChI is InChI=1S/C16H27N3/c1-3-15(17)9-10-19-12-11-18(2)13-16(19)14-7-5-4-6-8-14/h4-8,15-16H,3,9-13,17H2,1-2H3. The fourth-order valence-electron chi connectivity index (χ4n) is 2.75. The second-order valence-electron chi connectivity index (χ2n) is 5.68. The molecule has 1 aliphatic heterocycles. The summed E-state index contributed by atoms with van der Waals surface area (Å²) >= 11 is 0. The van der Waals surface area contributed by atoms with Gasteiger partial charge in [-0.1, -0.05) is 37.3 Å². The van der Waals surface area contributed by atoms with Crippen molar-refractivity contribution in [2.24, 2.45) is 5.73 Å². The Morgan fingerprint density at radius 2 is 2.00 bits per heavy atom. The first-order valence-electron chi connectivity index (χ1n) is 7.43. The third kappa shape index (κ3) is 4.03. The zero-order chi connectivity index (χ0) is 13.7. The Bertz CT molecular complexity index is 366. The van der Waals surface area contributed by atoms with E-state index < -0.39 is 0 Å². The molecule has 2 unspecified atom stereocenters. The maximum atomic E-state index is 6.06. The van der Waals surface area contributed by atoms with Crippen molar-refractivity contribution in [2.45, 2.75) is 31.8 Å². The molecule has 0 amide bonds. The molecule has 0 radical (unpaired) electrons. The minimum atomic E-state index is 0.344. The van der Waals surface area contributed by atoms with Gasteiger partial charge >= 0.3 is 0 Å². The summed E-state index contributed by atoms with van der Waals surface area (Å²) in [6.07, 6.45) is 2.17. The van der Waals surface area contributed by atoms with Crippen molar-refractivity contribution < 1.29 is 0 Å². The van der Waals surface area contributed by atoms with Crippen LogP contribution in [0.15, 0.2) is 30.3 Å². The Balaban J connectivity index is 2.02. The molecule has 0 aromatic heterocycles. The Labute approximate surface area is 117 Å².